The summed E-state index contributed by atoms with van der Waals surface area (Å²) in [7, 11) is 0. The number of amides is 1. The Balaban J connectivity index is 2.95. The van der Waals surface area contributed by atoms with Crippen molar-refractivity contribution < 1.29 is 4.79 Å². The lowest BCUT2D eigenvalue weighted by Crippen LogP contribution is -2.44. The van der Waals surface area contributed by atoms with Gasteiger partial charge in [0.15, 0.2) is 0 Å². The summed E-state index contributed by atoms with van der Waals surface area (Å²) in [6, 6.07) is 7.61. The maximum Gasteiger partial charge on any atom is 0.253 e. The van der Waals surface area contributed by atoms with Crippen LogP contribution in [-0.4, -0.2) is 11.4 Å². The molecule has 0 fully saturated rings. The Hall–Kier alpha value is -1.34. The van der Waals surface area contributed by atoms with Crippen LogP contribution < -0.4 is 5.32 Å². The Kier molecular flexibility index (Phi) is 4.30. The first-order valence-corrected chi connectivity index (χ1v) is 6.21. The molecule has 3 nitrogen and oxygen atoms in total. The van der Waals surface area contributed by atoms with Gasteiger partial charge in [0.25, 0.3) is 5.91 Å². The SMILES string of the molecule is CCC(C)(C#N)NC(=O)c1ccc(C)cc1Br. The summed E-state index contributed by atoms with van der Waals surface area (Å²) < 4.78 is 0.742. The first-order valence-electron chi connectivity index (χ1n) is 5.42. The van der Waals surface area contributed by atoms with Gasteiger partial charge >= 0.3 is 0 Å². The van der Waals surface area contributed by atoms with E-state index in [4.69, 9.17) is 5.26 Å². The third-order valence-corrected chi connectivity index (χ3v) is 3.37. The monoisotopic (exact) mass is 294 g/mol. The molecule has 17 heavy (non-hydrogen) atoms. The summed E-state index contributed by atoms with van der Waals surface area (Å²) in [5.41, 5.74) is 0.805. The van der Waals surface area contributed by atoms with E-state index in [0.29, 0.717) is 12.0 Å². The lowest BCUT2D eigenvalue weighted by Gasteiger charge is -2.21. The number of nitrogens with one attached hydrogen (secondary N) is 1. The van der Waals surface area contributed by atoms with Crippen molar-refractivity contribution in [3.63, 3.8) is 0 Å². The number of halogens is 1. The summed E-state index contributed by atoms with van der Waals surface area (Å²) in [5.74, 6) is -0.234. The van der Waals surface area contributed by atoms with Gasteiger partial charge in [-0.1, -0.05) is 13.0 Å². The van der Waals surface area contributed by atoms with E-state index in [9.17, 15) is 4.79 Å². The van der Waals surface area contributed by atoms with Crippen LogP contribution in [0.3, 0.4) is 0 Å². The van der Waals surface area contributed by atoms with Gasteiger partial charge in [0.05, 0.1) is 11.6 Å². The number of carbonyl (C=O) groups excluding carboxylic acids is 1. The van der Waals surface area contributed by atoms with Crippen LogP contribution in [-0.2, 0) is 0 Å². The topological polar surface area (TPSA) is 52.9 Å². The van der Waals surface area contributed by atoms with E-state index >= 15 is 0 Å². The summed E-state index contributed by atoms with van der Waals surface area (Å²) in [5, 5.41) is 11.8. The molecule has 4 heteroatoms. The molecular weight excluding hydrogens is 280 g/mol. The van der Waals surface area contributed by atoms with Gasteiger partial charge in [0.2, 0.25) is 0 Å². The molecule has 1 N–H and O–H groups in total. The van der Waals surface area contributed by atoms with E-state index in [1.54, 1.807) is 13.0 Å². The molecule has 0 aliphatic carbocycles. The zero-order valence-corrected chi connectivity index (χ0v) is 11.8. The molecule has 0 radical (unpaired) electrons. The van der Waals surface area contributed by atoms with Crippen molar-refractivity contribution in [2.24, 2.45) is 0 Å². The third-order valence-electron chi connectivity index (χ3n) is 2.71. The number of nitriles is 1. The van der Waals surface area contributed by atoms with Crippen LogP contribution in [0.4, 0.5) is 0 Å². The number of nitrogens with zero attached hydrogens (tertiary/aromatic N) is 1. The number of hydrogen-bond acceptors (Lipinski definition) is 2. The molecule has 1 unspecified atom stereocenters. The lowest BCUT2D eigenvalue weighted by molar-refractivity contribution is 0.0922. The first kappa shape index (κ1) is 13.7. The van der Waals surface area contributed by atoms with Crippen molar-refractivity contribution in [1.82, 2.24) is 5.32 Å². The molecular formula is C13H15BrN2O. The molecule has 90 valence electrons. The summed E-state index contributed by atoms with van der Waals surface area (Å²) in [6.07, 6.45) is 0.568. The minimum atomic E-state index is -0.818. The van der Waals surface area contributed by atoms with E-state index < -0.39 is 5.54 Å². The van der Waals surface area contributed by atoms with Crippen LogP contribution in [0.5, 0.6) is 0 Å². The molecule has 0 saturated carbocycles. The molecule has 0 heterocycles. The molecule has 0 aliphatic rings. The Bertz CT molecular complexity index is 479. The van der Waals surface area contributed by atoms with Crippen molar-refractivity contribution in [3.8, 4) is 6.07 Å². The Morgan fingerprint density at radius 1 is 1.59 bits per heavy atom. The van der Waals surface area contributed by atoms with Gasteiger partial charge in [-0.05, 0) is 53.9 Å². The minimum absolute atomic E-state index is 0.234. The molecule has 1 atom stereocenters. The van der Waals surface area contributed by atoms with Gasteiger partial charge in [-0.2, -0.15) is 5.26 Å². The molecule has 0 saturated heterocycles. The normalized spacial score (nSPS) is 13.6. The molecule has 1 aromatic rings. The summed E-state index contributed by atoms with van der Waals surface area (Å²) in [6.45, 7) is 5.54. The highest BCUT2D eigenvalue weighted by molar-refractivity contribution is 9.10. The van der Waals surface area contributed by atoms with Gasteiger partial charge in [-0.15, -0.1) is 0 Å². The Labute approximate surface area is 110 Å². The van der Waals surface area contributed by atoms with E-state index in [2.05, 4.69) is 27.3 Å². The van der Waals surface area contributed by atoms with E-state index in [1.807, 2.05) is 26.0 Å². The maximum atomic E-state index is 12.0. The second-order valence-corrected chi connectivity index (χ2v) is 5.09. The van der Waals surface area contributed by atoms with Gasteiger partial charge in [-0.3, -0.25) is 4.79 Å². The molecule has 0 aromatic heterocycles. The smallest absolute Gasteiger partial charge is 0.253 e. The van der Waals surface area contributed by atoms with Crippen LogP contribution in [0.25, 0.3) is 0 Å². The van der Waals surface area contributed by atoms with Crippen molar-refractivity contribution >= 4 is 21.8 Å². The fourth-order valence-electron chi connectivity index (χ4n) is 1.32. The first-order chi connectivity index (χ1) is 7.91. The van der Waals surface area contributed by atoms with Crippen LogP contribution in [0.1, 0.15) is 36.2 Å². The molecule has 1 rings (SSSR count). The standard InChI is InChI=1S/C13H15BrN2O/c1-4-13(3,8-15)16-12(17)10-6-5-9(2)7-11(10)14/h5-7H,4H2,1-3H3,(H,16,17). The van der Waals surface area contributed by atoms with Crippen LogP contribution in [0, 0.1) is 18.3 Å². The van der Waals surface area contributed by atoms with Crippen LogP contribution in [0.2, 0.25) is 0 Å². The average Bonchev–Trinajstić information content (AvgIpc) is 2.28. The fraction of sp³-hybridized carbons (Fsp3) is 0.385. The van der Waals surface area contributed by atoms with Crippen molar-refractivity contribution in [1.29, 1.82) is 5.26 Å². The minimum Gasteiger partial charge on any atom is -0.334 e. The molecule has 1 aromatic carbocycles. The Morgan fingerprint density at radius 3 is 2.71 bits per heavy atom. The van der Waals surface area contributed by atoms with Gasteiger partial charge in [-0.25, -0.2) is 0 Å². The predicted octanol–water partition coefficient (Wildman–Crippen LogP) is 3.18. The number of benzene rings is 1. The maximum absolute atomic E-state index is 12.0. The van der Waals surface area contributed by atoms with Gasteiger partial charge in [0.1, 0.15) is 5.54 Å². The fourth-order valence-corrected chi connectivity index (χ4v) is 1.99. The lowest BCUT2D eigenvalue weighted by atomic mass is 10.0. The van der Waals surface area contributed by atoms with Crippen molar-refractivity contribution in [3.05, 3.63) is 33.8 Å². The highest BCUT2D eigenvalue weighted by Crippen LogP contribution is 2.19. The van der Waals surface area contributed by atoms with E-state index in [1.165, 1.54) is 0 Å². The zero-order valence-electron chi connectivity index (χ0n) is 10.2. The quantitative estimate of drug-likeness (QED) is 0.931. The molecule has 1 amide bonds. The number of rotatable bonds is 3. The Morgan fingerprint density at radius 2 is 2.24 bits per heavy atom. The predicted molar refractivity (Wildman–Crippen MR) is 70.7 cm³/mol. The largest absolute Gasteiger partial charge is 0.334 e. The van der Waals surface area contributed by atoms with Crippen LogP contribution in [0.15, 0.2) is 22.7 Å². The summed E-state index contributed by atoms with van der Waals surface area (Å²) in [4.78, 5) is 12.0. The van der Waals surface area contributed by atoms with E-state index in [0.717, 1.165) is 10.0 Å². The van der Waals surface area contributed by atoms with E-state index in [-0.39, 0.29) is 5.91 Å². The summed E-state index contributed by atoms with van der Waals surface area (Å²) >= 11 is 3.36. The second-order valence-electron chi connectivity index (χ2n) is 4.23. The third kappa shape index (κ3) is 3.31. The number of aryl methyl sites for hydroxylation is 1. The molecule has 0 spiro atoms. The van der Waals surface area contributed by atoms with Crippen LogP contribution >= 0.6 is 15.9 Å². The van der Waals surface area contributed by atoms with Crippen molar-refractivity contribution in [2.45, 2.75) is 32.7 Å². The number of hydrogen-bond donors (Lipinski definition) is 1. The number of carbonyl (C=O) groups is 1. The second kappa shape index (κ2) is 5.33. The van der Waals surface area contributed by atoms with Gasteiger partial charge < -0.3 is 5.32 Å². The molecule has 0 aliphatic heterocycles. The van der Waals surface area contributed by atoms with Crippen molar-refractivity contribution in [2.75, 3.05) is 0 Å². The highest BCUT2D eigenvalue weighted by atomic mass is 79.9. The highest BCUT2D eigenvalue weighted by Gasteiger charge is 2.24. The zero-order chi connectivity index (χ0) is 13.1. The van der Waals surface area contributed by atoms with Gasteiger partial charge in [0, 0.05) is 4.47 Å². The molecule has 0 bridgehead atoms. The average molecular weight is 295 g/mol.